The van der Waals surface area contributed by atoms with E-state index in [4.69, 9.17) is 4.74 Å². The van der Waals surface area contributed by atoms with Gasteiger partial charge >= 0.3 is 6.09 Å². The van der Waals surface area contributed by atoms with Crippen molar-refractivity contribution >= 4 is 28.5 Å². The Morgan fingerprint density at radius 2 is 1.84 bits per heavy atom. The predicted octanol–water partition coefficient (Wildman–Crippen LogP) is 5.06. The number of nitrogens with zero attached hydrogens (tertiary/aromatic N) is 3. The van der Waals surface area contributed by atoms with E-state index in [1.165, 1.54) is 11.3 Å². The number of anilines is 1. The number of hydrogen-bond donors (Lipinski definition) is 1. The summed E-state index contributed by atoms with van der Waals surface area (Å²) in [5.74, 6) is -0.246. The lowest BCUT2D eigenvalue weighted by atomic mass is 10.1. The molecule has 3 aromatic rings. The first kappa shape index (κ1) is 22.0. The Bertz CT molecular complexity index is 1150. The fourth-order valence-corrected chi connectivity index (χ4v) is 4.49. The first-order chi connectivity index (χ1) is 15.2. The van der Waals surface area contributed by atoms with Crippen LogP contribution in [0.4, 0.5) is 9.93 Å². The molecule has 0 spiro atoms. The molecule has 32 heavy (non-hydrogen) atoms. The molecule has 1 N–H and O–H groups in total. The van der Waals surface area contributed by atoms with Crippen LogP contribution in [-0.2, 0) is 17.7 Å². The molecule has 1 aliphatic rings. The Morgan fingerprint density at radius 3 is 2.53 bits per heavy atom. The summed E-state index contributed by atoms with van der Waals surface area (Å²) in [5, 5.41) is 3.42. The minimum atomic E-state index is -0.536. The maximum atomic E-state index is 12.9. The topological polar surface area (TPSA) is 84.4 Å². The van der Waals surface area contributed by atoms with Gasteiger partial charge in [-0.25, -0.2) is 9.78 Å². The van der Waals surface area contributed by atoms with E-state index >= 15 is 0 Å². The SMILES string of the molecule is Cc1nc(-c2ccccc2)ccc1C(=O)Nc1nc2c(s1)CN(C(=O)OC(C)(C)C)CC2. The zero-order valence-corrected chi connectivity index (χ0v) is 19.5. The van der Waals surface area contributed by atoms with Crippen LogP contribution in [0.5, 0.6) is 0 Å². The molecule has 2 amide bonds. The second-order valence-corrected chi connectivity index (χ2v) is 9.77. The number of thiazole rings is 1. The van der Waals surface area contributed by atoms with Crippen molar-refractivity contribution in [3.63, 3.8) is 0 Å². The Kier molecular flexibility index (Phi) is 5.97. The van der Waals surface area contributed by atoms with E-state index in [1.54, 1.807) is 11.0 Å². The smallest absolute Gasteiger partial charge is 0.410 e. The summed E-state index contributed by atoms with van der Waals surface area (Å²) >= 11 is 1.39. The first-order valence-electron chi connectivity index (χ1n) is 10.5. The number of benzene rings is 1. The molecular weight excluding hydrogens is 424 g/mol. The number of carbonyl (C=O) groups is 2. The first-order valence-corrected chi connectivity index (χ1v) is 11.3. The molecule has 0 aliphatic carbocycles. The van der Waals surface area contributed by atoms with E-state index in [1.807, 2.05) is 64.1 Å². The number of amides is 2. The summed E-state index contributed by atoms with van der Waals surface area (Å²) in [6, 6.07) is 13.5. The van der Waals surface area contributed by atoms with Crippen LogP contribution in [0.2, 0.25) is 0 Å². The summed E-state index contributed by atoms with van der Waals surface area (Å²) in [6.07, 6.45) is 0.301. The molecule has 1 aliphatic heterocycles. The molecule has 0 radical (unpaired) electrons. The van der Waals surface area contributed by atoms with Crippen molar-refractivity contribution in [2.24, 2.45) is 0 Å². The van der Waals surface area contributed by atoms with Crippen molar-refractivity contribution in [1.82, 2.24) is 14.9 Å². The number of aromatic nitrogens is 2. The normalized spacial score (nSPS) is 13.4. The molecule has 7 nitrogen and oxygen atoms in total. The maximum absolute atomic E-state index is 12.9. The molecule has 2 aromatic heterocycles. The van der Waals surface area contributed by atoms with Gasteiger partial charge in [0.1, 0.15) is 5.60 Å². The molecular formula is C24H26N4O3S. The Morgan fingerprint density at radius 1 is 1.09 bits per heavy atom. The number of ether oxygens (including phenoxy) is 1. The van der Waals surface area contributed by atoms with Crippen LogP contribution in [0.15, 0.2) is 42.5 Å². The van der Waals surface area contributed by atoms with E-state index in [2.05, 4.69) is 15.3 Å². The molecule has 0 saturated carbocycles. The van der Waals surface area contributed by atoms with Crippen molar-refractivity contribution < 1.29 is 14.3 Å². The summed E-state index contributed by atoms with van der Waals surface area (Å²) in [4.78, 5) is 37.0. The molecule has 8 heteroatoms. The highest BCUT2D eigenvalue weighted by molar-refractivity contribution is 7.15. The predicted molar refractivity (Wildman–Crippen MR) is 125 cm³/mol. The Labute approximate surface area is 191 Å². The fraction of sp³-hybridized carbons (Fsp3) is 0.333. The Hall–Kier alpha value is -3.26. The maximum Gasteiger partial charge on any atom is 0.410 e. The van der Waals surface area contributed by atoms with E-state index in [0.29, 0.717) is 35.9 Å². The summed E-state index contributed by atoms with van der Waals surface area (Å²) in [7, 11) is 0. The van der Waals surface area contributed by atoms with Gasteiger partial charge in [-0.1, -0.05) is 41.7 Å². The van der Waals surface area contributed by atoms with Crippen LogP contribution in [0.1, 0.15) is 47.4 Å². The van der Waals surface area contributed by atoms with Crippen LogP contribution in [0, 0.1) is 6.92 Å². The van der Waals surface area contributed by atoms with E-state index < -0.39 is 5.60 Å². The average molecular weight is 451 g/mol. The third-order valence-electron chi connectivity index (χ3n) is 5.00. The molecule has 1 aromatic carbocycles. The second-order valence-electron chi connectivity index (χ2n) is 8.69. The van der Waals surface area contributed by atoms with Crippen molar-refractivity contribution in [1.29, 1.82) is 0 Å². The van der Waals surface area contributed by atoms with Crippen LogP contribution in [0.25, 0.3) is 11.3 Å². The van der Waals surface area contributed by atoms with Gasteiger partial charge < -0.3 is 9.64 Å². The van der Waals surface area contributed by atoms with Gasteiger partial charge in [-0.15, -0.1) is 0 Å². The highest BCUT2D eigenvalue weighted by atomic mass is 32.1. The number of hydrogen-bond acceptors (Lipinski definition) is 6. The second kappa shape index (κ2) is 8.70. The zero-order chi connectivity index (χ0) is 22.9. The lowest BCUT2D eigenvalue weighted by Gasteiger charge is -2.29. The van der Waals surface area contributed by atoms with E-state index in [-0.39, 0.29) is 12.0 Å². The van der Waals surface area contributed by atoms with Gasteiger partial charge in [-0.05, 0) is 39.8 Å². The van der Waals surface area contributed by atoms with E-state index in [0.717, 1.165) is 21.8 Å². The van der Waals surface area contributed by atoms with Crippen LogP contribution in [-0.4, -0.2) is 39.0 Å². The molecule has 3 heterocycles. The Balaban J connectivity index is 1.45. The minimum absolute atomic E-state index is 0.246. The monoisotopic (exact) mass is 450 g/mol. The van der Waals surface area contributed by atoms with Crippen molar-refractivity contribution in [3.05, 3.63) is 64.3 Å². The van der Waals surface area contributed by atoms with Gasteiger partial charge in [0, 0.05) is 23.4 Å². The largest absolute Gasteiger partial charge is 0.444 e. The third-order valence-corrected chi connectivity index (χ3v) is 6.00. The van der Waals surface area contributed by atoms with Crippen molar-refractivity contribution in [2.75, 3.05) is 11.9 Å². The van der Waals surface area contributed by atoms with Crippen LogP contribution in [0.3, 0.4) is 0 Å². The van der Waals surface area contributed by atoms with Crippen molar-refractivity contribution in [3.8, 4) is 11.3 Å². The molecule has 0 atom stereocenters. The fourth-order valence-electron chi connectivity index (χ4n) is 3.47. The molecule has 0 unspecified atom stereocenters. The standard InChI is InChI=1S/C24H26N4O3S/c1-15-17(10-11-18(25-15)16-8-6-5-7-9-16)21(29)27-22-26-19-12-13-28(14-20(19)32-22)23(30)31-24(2,3)4/h5-11H,12-14H2,1-4H3,(H,26,27,29). The van der Waals surface area contributed by atoms with Crippen LogP contribution < -0.4 is 5.32 Å². The summed E-state index contributed by atoms with van der Waals surface area (Å²) in [6.45, 7) is 8.36. The molecule has 0 fully saturated rings. The average Bonchev–Trinajstić information content (AvgIpc) is 3.14. The summed E-state index contributed by atoms with van der Waals surface area (Å²) < 4.78 is 5.47. The number of fused-ring (bicyclic) bond motifs is 1. The highest BCUT2D eigenvalue weighted by Crippen LogP contribution is 2.29. The number of aryl methyl sites for hydroxylation is 1. The van der Waals surface area contributed by atoms with Gasteiger partial charge in [-0.3, -0.25) is 15.1 Å². The number of nitrogens with one attached hydrogen (secondary N) is 1. The van der Waals surface area contributed by atoms with Gasteiger partial charge in [0.05, 0.1) is 29.2 Å². The number of pyridine rings is 1. The molecule has 166 valence electrons. The van der Waals surface area contributed by atoms with Crippen molar-refractivity contribution in [2.45, 2.75) is 46.3 Å². The van der Waals surface area contributed by atoms with Gasteiger partial charge in [-0.2, -0.15) is 0 Å². The van der Waals surface area contributed by atoms with Crippen LogP contribution >= 0.6 is 11.3 Å². The lowest BCUT2D eigenvalue weighted by molar-refractivity contribution is 0.0225. The minimum Gasteiger partial charge on any atom is -0.444 e. The quantitative estimate of drug-likeness (QED) is 0.603. The highest BCUT2D eigenvalue weighted by Gasteiger charge is 2.28. The number of rotatable bonds is 3. The van der Waals surface area contributed by atoms with E-state index in [9.17, 15) is 9.59 Å². The number of carbonyl (C=O) groups excluding carboxylic acids is 2. The van der Waals surface area contributed by atoms with Gasteiger partial charge in [0.15, 0.2) is 5.13 Å². The molecule has 0 saturated heterocycles. The zero-order valence-electron chi connectivity index (χ0n) is 18.6. The van der Waals surface area contributed by atoms with Gasteiger partial charge in [0.25, 0.3) is 5.91 Å². The van der Waals surface area contributed by atoms with Gasteiger partial charge in [0.2, 0.25) is 0 Å². The third kappa shape index (κ3) is 4.96. The molecule has 4 rings (SSSR count). The summed E-state index contributed by atoms with van der Waals surface area (Å²) in [5.41, 5.74) is 3.37. The lowest BCUT2D eigenvalue weighted by Crippen LogP contribution is -2.39. The molecule has 0 bridgehead atoms.